The zero-order chi connectivity index (χ0) is 14.9. The molecule has 0 fully saturated rings. The zero-order valence-electron chi connectivity index (χ0n) is 10.7. The number of alkyl halides is 3. The van der Waals surface area contributed by atoms with Crippen molar-refractivity contribution in [1.29, 1.82) is 0 Å². The van der Waals surface area contributed by atoms with Crippen molar-refractivity contribution in [1.82, 2.24) is 9.78 Å². The Hall–Kier alpha value is -2.31. The summed E-state index contributed by atoms with van der Waals surface area (Å²) in [6.45, 7) is 1.39. The molecule has 0 aliphatic carbocycles. The predicted molar refractivity (Wildman–Crippen MR) is 64.6 cm³/mol. The molecule has 1 aromatic carbocycles. The van der Waals surface area contributed by atoms with Gasteiger partial charge in [0.1, 0.15) is 5.56 Å². The van der Waals surface area contributed by atoms with Crippen LogP contribution in [0.2, 0.25) is 0 Å². The molecule has 2 rings (SSSR count). The van der Waals surface area contributed by atoms with Gasteiger partial charge < -0.3 is 4.74 Å². The number of methoxy groups -OCH3 is 1. The molecular formula is C13H11F3N2O2. The number of nitrogens with zero attached hydrogens (tertiary/aromatic N) is 2. The minimum Gasteiger partial charge on any atom is -0.465 e. The molecule has 0 radical (unpaired) electrons. The van der Waals surface area contributed by atoms with Crippen molar-refractivity contribution >= 4 is 5.97 Å². The predicted octanol–water partition coefficient (Wildman–Crippen LogP) is 2.99. The molecule has 0 N–H and O–H groups in total. The van der Waals surface area contributed by atoms with Crippen LogP contribution in [0.3, 0.4) is 0 Å². The van der Waals surface area contributed by atoms with Crippen molar-refractivity contribution in [2.75, 3.05) is 7.11 Å². The lowest BCUT2D eigenvalue weighted by atomic mass is 10.2. The highest BCUT2D eigenvalue weighted by Crippen LogP contribution is 2.33. The zero-order valence-corrected chi connectivity index (χ0v) is 10.7. The van der Waals surface area contributed by atoms with Gasteiger partial charge in [0.15, 0.2) is 5.69 Å². The summed E-state index contributed by atoms with van der Waals surface area (Å²) in [5.41, 5.74) is -1.30. The van der Waals surface area contributed by atoms with E-state index in [1.54, 1.807) is 30.3 Å². The Labute approximate surface area is 112 Å². The van der Waals surface area contributed by atoms with Crippen LogP contribution in [0.4, 0.5) is 13.2 Å². The van der Waals surface area contributed by atoms with Gasteiger partial charge in [0.2, 0.25) is 0 Å². The van der Waals surface area contributed by atoms with E-state index in [-0.39, 0.29) is 5.69 Å². The quantitative estimate of drug-likeness (QED) is 0.796. The fraction of sp³-hybridized carbons (Fsp3) is 0.231. The fourth-order valence-corrected chi connectivity index (χ4v) is 1.87. The normalized spacial score (nSPS) is 11.4. The number of hydrogen-bond acceptors (Lipinski definition) is 3. The third kappa shape index (κ3) is 2.38. The van der Waals surface area contributed by atoms with Crippen LogP contribution >= 0.6 is 0 Å². The maximum absolute atomic E-state index is 13.0. The molecule has 7 heteroatoms. The molecule has 106 valence electrons. The molecule has 1 aromatic heterocycles. The molecule has 0 spiro atoms. The first-order valence-electron chi connectivity index (χ1n) is 5.66. The Kier molecular flexibility index (Phi) is 3.52. The van der Waals surface area contributed by atoms with E-state index in [4.69, 9.17) is 0 Å². The SMILES string of the molecule is COC(=O)c1c(C(F)(F)F)nn(-c2ccccc2)c1C. The van der Waals surface area contributed by atoms with Gasteiger partial charge in [-0.05, 0) is 19.1 Å². The van der Waals surface area contributed by atoms with E-state index in [9.17, 15) is 18.0 Å². The summed E-state index contributed by atoms with van der Waals surface area (Å²) in [7, 11) is 1.03. The van der Waals surface area contributed by atoms with Crippen molar-refractivity contribution in [3.8, 4) is 5.69 Å². The van der Waals surface area contributed by atoms with Crippen molar-refractivity contribution in [2.45, 2.75) is 13.1 Å². The van der Waals surface area contributed by atoms with E-state index >= 15 is 0 Å². The van der Waals surface area contributed by atoms with Crippen LogP contribution in [-0.2, 0) is 10.9 Å². The number of para-hydroxylation sites is 1. The smallest absolute Gasteiger partial charge is 0.436 e. The lowest BCUT2D eigenvalue weighted by Gasteiger charge is -2.04. The van der Waals surface area contributed by atoms with Crippen LogP contribution in [0.15, 0.2) is 30.3 Å². The molecule has 0 saturated carbocycles. The number of carbonyl (C=O) groups excluding carboxylic acids is 1. The maximum Gasteiger partial charge on any atom is 0.436 e. The fourth-order valence-electron chi connectivity index (χ4n) is 1.87. The summed E-state index contributed by atoms with van der Waals surface area (Å²) in [6.07, 6.45) is -4.73. The van der Waals surface area contributed by atoms with Gasteiger partial charge in [-0.1, -0.05) is 18.2 Å². The minimum atomic E-state index is -4.73. The molecule has 2 aromatic rings. The van der Waals surface area contributed by atoms with Gasteiger partial charge in [-0.3, -0.25) is 0 Å². The van der Waals surface area contributed by atoms with Gasteiger partial charge in [-0.25, -0.2) is 9.48 Å². The molecule has 0 atom stereocenters. The Bertz CT molecular complexity index is 633. The molecular weight excluding hydrogens is 273 g/mol. The summed E-state index contributed by atoms with van der Waals surface area (Å²) in [4.78, 5) is 11.6. The largest absolute Gasteiger partial charge is 0.465 e. The number of rotatable bonds is 2. The van der Waals surface area contributed by atoms with Gasteiger partial charge >= 0.3 is 12.1 Å². The number of ether oxygens (including phenoxy) is 1. The second-order valence-corrected chi connectivity index (χ2v) is 4.05. The Morgan fingerprint density at radius 3 is 2.35 bits per heavy atom. The number of esters is 1. The monoisotopic (exact) mass is 284 g/mol. The van der Waals surface area contributed by atoms with Crippen molar-refractivity contribution in [2.24, 2.45) is 0 Å². The second-order valence-electron chi connectivity index (χ2n) is 4.05. The van der Waals surface area contributed by atoms with E-state index < -0.39 is 23.4 Å². The van der Waals surface area contributed by atoms with E-state index in [0.29, 0.717) is 5.69 Å². The average Bonchev–Trinajstić information content (AvgIpc) is 2.76. The summed E-state index contributed by atoms with van der Waals surface area (Å²) in [5.74, 6) is -1.06. The summed E-state index contributed by atoms with van der Waals surface area (Å²) in [5, 5.41) is 3.51. The maximum atomic E-state index is 13.0. The van der Waals surface area contributed by atoms with Gasteiger partial charge in [0.05, 0.1) is 18.5 Å². The second kappa shape index (κ2) is 4.99. The van der Waals surface area contributed by atoms with Gasteiger partial charge in [0.25, 0.3) is 0 Å². The molecule has 0 bridgehead atoms. The number of halogens is 3. The number of carbonyl (C=O) groups is 1. The van der Waals surface area contributed by atoms with Gasteiger partial charge in [-0.2, -0.15) is 18.3 Å². The lowest BCUT2D eigenvalue weighted by molar-refractivity contribution is -0.141. The highest BCUT2D eigenvalue weighted by Gasteiger charge is 2.41. The van der Waals surface area contributed by atoms with E-state index in [2.05, 4.69) is 9.84 Å². The van der Waals surface area contributed by atoms with Crippen LogP contribution in [-0.4, -0.2) is 22.9 Å². The van der Waals surface area contributed by atoms with E-state index in [0.717, 1.165) is 11.8 Å². The number of aromatic nitrogens is 2. The molecule has 0 amide bonds. The van der Waals surface area contributed by atoms with Crippen molar-refractivity contribution in [3.63, 3.8) is 0 Å². The van der Waals surface area contributed by atoms with Crippen molar-refractivity contribution < 1.29 is 22.7 Å². The summed E-state index contributed by atoms with van der Waals surface area (Å²) >= 11 is 0. The first kappa shape index (κ1) is 14.1. The average molecular weight is 284 g/mol. The standard InChI is InChI=1S/C13H11F3N2O2/c1-8-10(12(19)20-2)11(13(14,15)16)17-18(8)9-6-4-3-5-7-9/h3-7H,1-2H3. The van der Waals surface area contributed by atoms with Crippen LogP contribution in [0.5, 0.6) is 0 Å². The third-order valence-corrected chi connectivity index (χ3v) is 2.78. The molecule has 1 heterocycles. The first-order chi connectivity index (χ1) is 9.36. The minimum absolute atomic E-state index is 0.0791. The molecule has 0 unspecified atom stereocenters. The Morgan fingerprint density at radius 2 is 1.85 bits per heavy atom. The molecule has 0 saturated heterocycles. The Balaban J connectivity index is 2.68. The molecule has 0 aliphatic rings. The Morgan fingerprint density at radius 1 is 1.25 bits per heavy atom. The molecule has 4 nitrogen and oxygen atoms in total. The molecule has 0 aliphatic heterocycles. The van der Waals surface area contributed by atoms with Gasteiger partial charge in [0, 0.05) is 0 Å². The first-order valence-corrected chi connectivity index (χ1v) is 5.66. The van der Waals surface area contributed by atoms with Crippen LogP contribution in [0, 0.1) is 6.92 Å². The highest BCUT2D eigenvalue weighted by molar-refractivity contribution is 5.92. The van der Waals surface area contributed by atoms with E-state index in [1.807, 2.05) is 0 Å². The lowest BCUT2D eigenvalue weighted by Crippen LogP contribution is -2.13. The summed E-state index contributed by atoms with van der Waals surface area (Å²) in [6, 6.07) is 8.26. The number of hydrogen-bond donors (Lipinski definition) is 0. The van der Waals surface area contributed by atoms with E-state index in [1.165, 1.54) is 6.92 Å². The van der Waals surface area contributed by atoms with Gasteiger partial charge in [-0.15, -0.1) is 0 Å². The van der Waals surface area contributed by atoms with Crippen LogP contribution in [0.25, 0.3) is 5.69 Å². The van der Waals surface area contributed by atoms with Crippen LogP contribution < -0.4 is 0 Å². The van der Waals surface area contributed by atoms with Crippen molar-refractivity contribution in [3.05, 3.63) is 47.3 Å². The topological polar surface area (TPSA) is 44.1 Å². The number of benzene rings is 1. The third-order valence-electron chi connectivity index (χ3n) is 2.78. The van der Waals surface area contributed by atoms with Crippen LogP contribution in [0.1, 0.15) is 21.7 Å². The summed E-state index contributed by atoms with van der Waals surface area (Å²) < 4.78 is 44.4. The highest BCUT2D eigenvalue weighted by atomic mass is 19.4. The molecule has 20 heavy (non-hydrogen) atoms.